The van der Waals surface area contributed by atoms with E-state index in [0.717, 1.165) is 36.2 Å². The summed E-state index contributed by atoms with van der Waals surface area (Å²) in [7, 11) is -3.89. The smallest absolute Gasteiger partial charge is 0.244 e. The Morgan fingerprint density at radius 3 is 2.17 bits per heavy atom. The highest BCUT2D eigenvalue weighted by Crippen LogP contribution is 2.26. The molecule has 0 bridgehead atoms. The predicted molar refractivity (Wildman–Crippen MR) is 152 cm³/mol. The van der Waals surface area contributed by atoms with Gasteiger partial charge in [0.25, 0.3) is 0 Å². The molecule has 0 aromatic heterocycles. The average Bonchev–Trinajstić information content (AvgIpc) is 3.44. The summed E-state index contributed by atoms with van der Waals surface area (Å²) in [6.45, 7) is 0.822. The fourth-order valence-electron chi connectivity index (χ4n) is 4.70. The quantitative estimate of drug-likeness (QED) is 0.357. The summed E-state index contributed by atoms with van der Waals surface area (Å²) in [5, 5.41) is 2.98. The van der Waals surface area contributed by atoms with Crippen LogP contribution in [0.5, 0.6) is 11.5 Å². The molecule has 1 aliphatic rings. The van der Waals surface area contributed by atoms with Gasteiger partial charge in [-0.05, 0) is 62.2 Å². The van der Waals surface area contributed by atoms with Gasteiger partial charge in [0.1, 0.15) is 29.9 Å². The van der Waals surface area contributed by atoms with Crippen LogP contribution in [0.1, 0.15) is 38.2 Å². The molecule has 0 unspecified atom stereocenters. The molecular weight excluding hydrogens is 533 g/mol. The van der Waals surface area contributed by atoms with Crippen LogP contribution < -0.4 is 14.4 Å². The van der Waals surface area contributed by atoms with Crippen molar-refractivity contribution in [2.75, 3.05) is 17.1 Å². The molecule has 1 fully saturated rings. The minimum absolute atomic E-state index is 0.0319. The molecule has 40 heavy (non-hydrogen) atoms. The molecule has 212 valence electrons. The molecule has 1 atom stereocenters. The number of sulfonamides is 1. The second kappa shape index (κ2) is 13.0. The van der Waals surface area contributed by atoms with Crippen molar-refractivity contribution in [3.63, 3.8) is 0 Å². The first-order valence-electron chi connectivity index (χ1n) is 13.3. The second-order valence-electron chi connectivity index (χ2n) is 9.96. The van der Waals surface area contributed by atoms with Crippen LogP contribution in [0, 0.1) is 5.82 Å². The number of para-hydroxylation sites is 1. The molecule has 1 saturated carbocycles. The van der Waals surface area contributed by atoms with E-state index in [1.165, 1.54) is 23.1 Å². The van der Waals surface area contributed by atoms with E-state index in [4.69, 9.17) is 4.74 Å². The Kier molecular flexibility index (Phi) is 9.42. The fourth-order valence-corrected chi connectivity index (χ4v) is 5.55. The van der Waals surface area contributed by atoms with E-state index >= 15 is 0 Å². The van der Waals surface area contributed by atoms with Gasteiger partial charge >= 0.3 is 0 Å². The van der Waals surface area contributed by atoms with Crippen LogP contribution in [0.4, 0.5) is 10.1 Å². The van der Waals surface area contributed by atoms with Crippen LogP contribution in [-0.2, 0) is 26.2 Å². The maximum absolute atomic E-state index is 14.6. The zero-order valence-electron chi connectivity index (χ0n) is 22.6. The van der Waals surface area contributed by atoms with Crippen LogP contribution in [0.25, 0.3) is 0 Å². The lowest BCUT2D eigenvalue weighted by atomic mass is 10.1. The number of carbonyl (C=O) groups excluding carboxylic acids is 2. The van der Waals surface area contributed by atoms with Gasteiger partial charge in [0, 0.05) is 18.2 Å². The SMILES string of the molecule is C[C@@H](C(=O)NC1CCCC1)N(Cc1ccccc1F)C(=O)CN(c1ccc(Oc2ccccc2)cc1)S(C)(=O)=O. The van der Waals surface area contributed by atoms with Crippen LogP contribution in [-0.4, -0.2) is 50.0 Å². The summed E-state index contributed by atoms with van der Waals surface area (Å²) in [5.74, 6) is -0.387. The van der Waals surface area contributed by atoms with Crippen molar-refractivity contribution in [3.05, 3.63) is 90.2 Å². The minimum atomic E-state index is -3.89. The molecule has 0 radical (unpaired) electrons. The Morgan fingerprint density at radius 2 is 1.55 bits per heavy atom. The molecule has 0 saturated heterocycles. The molecule has 1 N–H and O–H groups in total. The van der Waals surface area contributed by atoms with E-state index in [1.54, 1.807) is 49.4 Å². The summed E-state index contributed by atoms with van der Waals surface area (Å²) in [5.41, 5.74) is 0.481. The third-order valence-corrected chi connectivity index (χ3v) is 8.09. The van der Waals surface area contributed by atoms with Crippen molar-refractivity contribution in [2.24, 2.45) is 0 Å². The van der Waals surface area contributed by atoms with E-state index in [-0.39, 0.29) is 29.7 Å². The number of rotatable bonds is 11. The Labute approximate surface area is 234 Å². The molecule has 1 aliphatic carbocycles. The highest BCUT2D eigenvalue weighted by atomic mass is 32.2. The minimum Gasteiger partial charge on any atom is -0.457 e. The van der Waals surface area contributed by atoms with Gasteiger partial charge < -0.3 is 15.0 Å². The van der Waals surface area contributed by atoms with Crippen molar-refractivity contribution >= 4 is 27.5 Å². The van der Waals surface area contributed by atoms with E-state index in [2.05, 4.69) is 5.32 Å². The Morgan fingerprint density at radius 1 is 0.950 bits per heavy atom. The summed E-state index contributed by atoms with van der Waals surface area (Å²) >= 11 is 0. The van der Waals surface area contributed by atoms with Gasteiger partial charge in [-0.15, -0.1) is 0 Å². The van der Waals surface area contributed by atoms with E-state index < -0.39 is 34.3 Å². The van der Waals surface area contributed by atoms with Crippen molar-refractivity contribution in [2.45, 2.75) is 51.2 Å². The van der Waals surface area contributed by atoms with Gasteiger partial charge in [-0.2, -0.15) is 0 Å². The number of halogens is 1. The molecule has 3 aromatic rings. The Bertz CT molecular complexity index is 1410. The number of hydrogen-bond acceptors (Lipinski definition) is 5. The largest absolute Gasteiger partial charge is 0.457 e. The van der Waals surface area contributed by atoms with Gasteiger partial charge in [0.05, 0.1) is 11.9 Å². The van der Waals surface area contributed by atoms with E-state index in [9.17, 15) is 22.4 Å². The molecule has 10 heteroatoms. The fraction of sp³-hybridized carbons (Fsp3) is 0.333. The first-order valence-corrected chi connectivity index (χ1v) is 15.1. The van der Waals surface area contributed by atoms with Gasteiger partial charge in [-0.25, -0.2) is 12.8 Å². The van der Waals surface area contributed by atoms with Gasteiger partial charge in [-0.1, -0.05) is 49.2 Å². The topological polar surface area (TPSA) is 96.0 Å². The molecule has 0 spiro atoms. The Balaban J connectivity index is 1.56. The monoisotopic (exact) mass is 567 g/mol. The summed E-state index contributed by atoms with van der Waals surface area (Å²) < 4.78 is 46.9. The normalized spacial score (nSPS) is 14.4. The molecule has 0 heterocycles. The zero-order valence-corrected chi connectivity index (χ0v) is 23.4. The first kappa shape index (κ1) is 29.1. The maximum Gasteiger partial charge on any atom is 0.244 e. The Hall–Kier alpha value is -3.92. The van der Waals surface area contributed by atoms with Gasteiger partial charge in [-0.3, -0.25) is 13.9 Å². The predicted octanol–water partition coefficient (Wildman–Crippen LogP) is 4.86. The van der Waals surface area contributed by atoms with E-state index in [0.29, 0.717) is 11.5 Å². The lowest BCUT2D eigenvalue weighted by molar-refractivity contribution is -0.139. The van der Waals surface area contributed by atoms with Crippen molar-refractivity contribution in [1.29, 1.82) is 0 Å². The number of anilines is 1. The third kappa shape index (κ3) is 7.59. The van der Waals surface area contributed by atoms with Crippen LogP contribution >= 0.6 is 0 Å². The molecule has 0 aliphatic heterocycles. The zero-order chi connectivity index (χ0) is 28.7. The van der Waals surface area contributed by atoms with E-state index in [1.807, 2.05) is 18.2 Å². The number of nitrogens with zero attached hydrogens (tertiary/aromatic N) is 2. The van der Waals surface area contributed by atoms with Gasteiger partial charge in [0.15, 0.2) is 0 Å². The average molecular weight is 568 g/mol. The number of nitrogens with one attached hydrogen (secondary N) is 1. The first-order chi connectivity index (χ1) is 19.1. The standard InChI is InChI=1S/C30H34FN3O5S/c1-22(30(36)32-24-11-7-8-12-24)33(20-23-10-6-9-15-28(23)31)29(35)21-34(40(2,37)38)25-16-18-27(19-17-25)39-26-13-4-3-5-14-26/h3-6,9-10,13-19,22,24H,7-8,11-12,20-21H2,1-2H3,(H,32,36)/t22-/m0/s1. The summed E-state index contributed by atoms with van der Waals surface area (Å²) in [4.78, 5) is 28.0. The highest BCUT2D eigenvalue weighted by molar-refractivity contribution is 7.92. The van der Waals surface area contributed by atoms with Crippen molar-refractivity contribution < 1.29 is 27.1 Å². The van der Waals surface area contributed by atoms with Gasteiger partial charge in [0.2, 0.25) is 21.8 Å². The number of benzene rings is 3. The molecule has 8 nitrogen and oxygen atoms in total. The lowest BCUT2D eigenvalue weighted by Crippen LogP contribution is -2.52. The van der Waals surface area contributed by atoms with Crippen LogP contribution in [0.15, 0.2) is 78.9 Å². The van der Waals surface area contributed by atoms with Crippen molar-refractivity contribution in [3.8, 4) is 11.5 Å². The number of hydrogen-bond donors (Lipinski definition) is 1. The van der Waals surface area contributed by atoms with Crippen LogP contribution in [0.3, 0.4) is 0 Å². The lowest BCUT2D eigenvalue weighted by Gasteiger charge is -2.32. The molecular formula is C30H34FN3O5S. The number of ether oxygens (including phenoxy) is 1. The third-order valence-electron chi connectivity index (χ3n) is 6.95. The second-order valence-corrected chi connectivity index (χ2v) is 11.9. The number of carbonyl (C=O) groups is 2. The summed E-state index contributed by atoms with van der Waals surface area (Å²) in [6.07, 6.45) is 4.79. The molecule has 2 amide bonds. The molecule has 4 rings (SSSR count). The molecule has 3 aromatic carbocycles. The van der Waals surface area contributed by atoms with Crippen molar-refractivity contribution in [1.82, 2.24) is 10.2 Å². The maximum atomic E-state index is 14.6. The highest BCUT2D eigenvalue weighted by Gasteiger charge is 2.31. The summed E-state index contributed by atoms with van der Waals surface area (Å²) in [6, 6.07) is 20.5. The number of amides is 2. The van der Waals surface area contributed by atoms with Crippen LogP contribution in [0.2, 0.25) is 0 Å².